The highest BCUT2D eigenvalue weighted by atomic mass is 16.5. The molecule has 0 aromatic heterocycles. The van der Waals surface area contributed by atoms with Crippen LogP contribution >= 0.6 is 0 Å². The van der Waals surface area contributed by atoms with E-state index in [1.807, 2.05) is 0 Å². The fourth-order valence-corrected chi connectivity index (χ4v) is 0.460. The fraction of sp³-hybridized carbons (Fsp3) is 0.125. The van der Waals surface area contributed by atoms with Crippen molar-refractivity contribution in [1.29, 1.82) is 0 Å². The van der Waals surface area contributed by atoms with Crippen molar-refractivity contribution in [3.8, 4) is 0 Å². The van der Waals surface area contributed by atoms with Crippen LogP contribution in [-0.2, 0) is 14.3 Å². The van der Waals surface area contributed by atoms with Crippen LogP contribution in [0.25, 0.3) is 0 Å². The van der Waals surface area contributed by atoms with Gasteiger partial charge < -0.3 is 4.74 Å². The highest BCUT2D eigenvalue weighted by Gasteiger charge is 2.06. The van der Waals surface area contributed by atoms with E-state index in [4.69, 9.17) is 0 Å². The molecule has 0 saturated carbocycles. The van der Waals surface area contributed by atoms with Gasteiger partial charge in [0.15, 0.2) is 6.29 Å². The number of aldehydes is 1. The number of carbonyl (C=O) groups excluding carboxylic acids is 2. The normalized spacial score (nSPS) is 10.2. The van der Waals surface area contributed by atoms with Gasteiger partial charge in [-0.05, 0) is 6.08 Å². The first kappa shape index (κ1) is 10.3. The molecule has 0 aliphatic heterocycles. The van der Waals surface area contributed by atoms with Crippen LogP contribution in [0.5, 0.6) is 0 Å². The number of rotatable bonds is 4. The van der Waals surface area contributed by atoms with Crippen molar-refractivity contribution in [3.63, 3.8) is 0 Å². The van der Waals surface area contributed by atoms with Gasteiger partial charge in [-0.1, -0.05) is 13.2 Å². The predicted octanol–water partition coefficient (Wildman–Crippen LogP) is 0.499. The smallest absolute Gasteiger partial charge is 0.356 e. The summed E-state index contributed by atoms with van der Waals surface area (Å²) in [6, 6.07) is 0. The maximum atomic E-state index is 10.8. The van der Waals surface area contributed by atoms with Gasteiger partial charge >= 0.3 is 5.97 Å². The molecule has 0 atom stereocenters. The molecule has 0 aliphatic rings. The molecule has 0 unspecified atom stereocenters. The van der Waals surface area contributed by atoms with Crippen LogP contribution in [0.15, 0.2) is 29.9 Å². The van der Waals surface area contributed by atoms with Gasteiger partial charge in [0.25, 0.3) is 0 Å². The third-order valence-electron chi connectivity index (χ3n) is 0.988. The highest BCUT2D eigenvalue weighted by molar-refractivity contribution is 6.41. The van der Waals surface area contributed by atoms with E-state index >= 15 is 0 Å². The third-order valence-corrected chi connectivity index (χ3v) is 0.988. The van der Waals surface area contributed by atoms with Crippen LogP contribution in [0.2, 0.25) is 0 Å². The zero-order chi connectivity index (χ0) is 9.56. The largest absolute Gasteiger partial charge is 0.464 e. The summed E-state index contributed by atoms with van der Waals surface area (Å²) >= 11 is 0. The Morgan fingerprint density at radius 2 is 2.17 bits per heavy atom. The lowest BCUT2D eigenvalue weighted by Gasteiger charge is -1.96. The van der Waals surface area contributed by atoms with Crippen molar-refractivity contribution in [2.24, 2.45) is 4.99 Å². The van der Waals surface area contributed by atoms with Gasteiger partial charge in [-0.15, -0.1) is 0 Å². The number of hydrogen-bond donors (Lipinski definition) is 0. The molecule has 0 aromatic carbocycles. The number of methoxy groups -OCH3 is 1. The molecule has 0 aliphatic carbocycles. The number of nitrogens with zero attached hydrogens (tertiary/aromatic N) is 1. The number of aliphatic imine (C=N–C) groups is 1. The summed E-state index contributed by atoms with van der Waals surface area (Å²) in [5.74, 6) is -0.645. The van der Waals surface area contributed by atoms with E-state index in [9.17, 15) is 9.59 Å². The summed E-state index contributed by atoms with van der Waals surface area (Å²) < 4.78 is 4.35. The molecule has 0 fully saturated rings. The second kappa shape index (κ2) is 5.01. The van der Waals surface area contributed by atoms with E-state index in [1.54, 1.807) is 0 Å². The Bertz CT molecular complexity index is 253. The second-order valence-electron chi connectivity index (χ2n) is 1.80. The fourth-order valence-electron chi connectivity index (χ4n) is 0.460. The van der Waals surface area contributed by atoms with Crippen LogP contribution in [0.3, 0.4) is 0 Å². The monoisotopic (exact) mass is 167 g/mol. The van der Waals surface area contributed by atoms with Gasteiger partial charge in [0.1, 0.15) is 5.71 Å². The minimum Gasteiger partial charge on any atom is -0.464 e. The number of esters is 1. The average molecular weight is 167 g/mol. The summed E-state index contributed by atoms with van der Waals surface area (Å²) in [6.07, 6.45) is 1.63. The maximum absolute atomic E-state index is 10.8. The van der Waals surface area contributed by atoms with Crippen molar-refractivity contribution in [2.45, 2.75) is 0 Å². The Kier molecular flexibility index (Phi) is 4.30. The quantitative estimate of drug-likeness (QED) is 0.265. The molecule has 4 heteroatoms. The minimum atomic E-state index is -0.645. The number of ether oxygens (including phenoxy) is 1. The number of allylic oxidation sites excluding steroid dienone is 1. The van der Waals surface area contributed by atoms with Gasteiger partial charge in [0, 0.05) is 0 Å². The van der Waals surface area contributed by atoms with Crippen LogP contribution in [-0.4, -0.2) is 25.1 Å². The Morgan fingerprint density at radius 3 is 2.50 bits per heavy atom. The van der Waals surface area contributed by atoms with Gasteiger partial charge in [-0.25, -0.2) is 9.79 Å². The molecule has 0 saturated heterocycles. The number of hydrogen-bond acceptors (Lipinski definition) is 4. The summed E-state index contributed by atoms with van der Waals surface area (Å²) in [7, 11) is 1.21. The molecule has 0 radical (unpaired) electrons. The lowest BCUT2D eigenvalue weighted by Crippen LogP contribution is -2.13. The minimum absolute atomic E-state index is 0.0328. The molecule has 4 nitrogen and oxygen atoms in total. The molecular formula is C8H9NO3. The van der Waals surface area contributed by atoms with E-state index in [-0.39, 0.29) is 11.4 Å². The van der Waals surface area contributed by atoms with Crippen LogP contribution in [0.4, 0.5) is 0 Å². The van der Waals surface area contributed by atoms with Crippen LogP contribution in [0.1, 0.15) is 0 Å². The summed E-state index contributed by atoms with van der Waals surface area (Å²) in [4.78, 5) is 24.4. The third kappa shape index (κ3) is 2.92. The van der Waals surface area contributed by atoms with Gasteiger partial charge in [-0.2, -0.15) is 0 Å². The standard InChI is InChI=1S/C8H9NO3/c1-4-7(8(11)12-3)9-6(2)5-10/h4-5H,1-2H2,3H3. The Balaban J connectivity index is 4.65. The SMILES string of the molecule is C=CC(=NC(=C)C=O)C(=O)OC. The van der Waals surface area contributed by atoms with Crippen molar-refractivity contribution >= 4 is 18.0 Å². The molecule has 0 N–H and O–H groups in total. The van der Waals surface area contributed by atoms with E-state index < -0.39 is 5.97 Å². The average Bonchev–Trinajstić information content (AvgIpc) is 2.12. The molecule has 0 rings (SSSR count). The number of carbonyl (C=O) groups is 2. The van der Waals surface area contributed by atoms with E-state index in [1.165, 1.54) is 13.2 Å². The van der Waals surface area contributed by atoms with Crippen LogP contribution < -0.4 is 0 Å². The molecule has 0 aromatic rings. The molecule has 0 spiro atoms. The molecular weight excluding hydrogens is 158 g/mol. The molecule has 12 heavy (non-hydrogen) atoms. The van der Waals surface area contributed by atoms with Crippen molar-refractivity contribution in [2.75, 3.05) is 7.11 Å². The predicted molar refractivity (Wildman–Crippen MR) is 44.9 cm³/mol. The lowest BCUT2D eigenvalue weighted by atomic mass is 10.3. The Hall–Kier alpha value is -1.71. The van der Waals surface area contributed by atoms with Crippen molar-refractivity contribution < 1.29 is 14.3 Å². The zero-order valence-corrected chi connectivity index (χ0v) is 6.74. The van der Waals surface area contributed by atoms with Gasteiger partial charge in [0.05, 0.1) is 12.8 Å². The first-order chi connectivity index (χ1) is 5.65. The van der Waals surface area contributed by atoms with Gasteiger partial charge in [0.2, 0.25) is 0 Å². The summed E-state index contributed by atoms with van der Waals surface area (Å²) in [5, 5.41) is 0. The topological polar surface area (TPSA) is 55.7 Å². The van der Waals surface area contributed by atoms with Crippen molar-refractivity contribution in [3.05, 3.63) is 24.9 Å². The highest BCUT2D eigenvalue weighted by Crippen LogP contribution is 1.92. The zero-order valence-electron chi connectivity index (χ0n) is 6.74. The Morgan fingerprint density at radius 1 is 1.58 bits per heavy atom. The molecule has 0 heterocycles. The van der Waals surface area contributed by atoms with E-state index in [2.05, 4.69) is 22.9 Å². The maximum Gasteiger partial charge on any atom is 0.356 e. The molecule has 0 bridgehead atoms. The van der Waals surface area contributed by atoms with Gasteiger partial charge in [-0.3, -0.25) is 4.79 Å². The second-order valence-corrected chi connectivity index (χ2v) is 1.80. The van der Waals surface area contributed by atoms with E-state index in [0.717, 1.165) is 0 Å². The molecule has 0 amide bonds. The first-order valence-corrected chi connectivity index (χ1v) is 3.09. The summed E-state index contributed by atoms with van der Waals surface area (Å²) in [5.41, 5.74) is -0.0788. The summed E-state index contributed by atoms with van der Waals surface area (Å²) in [6.45, 7) is 6.60. The molecule has 64 valence electrons. The van der Waals surface area contributed by atoms with Crippen LogP contribution in [0, 0.1) is 0 Å². The van der Waals surface area contributed by atoms with Crippen molar-refractivity contribution in [1.82, 2.24) is 0 Å². The lowest BCUT2D eigenvalue weighted by molar-refractivity contribution is -0.132. The van der Waals surface area contributed by atoms with E-state index in [0.29, 0.717) is 6.29 Å². The first-order valence-electron chi connectivity index (χ1n) is 3.09. The Labute approximate surface area is 70.2 Å².